The molecule has 0 amide bonds. The maximum atomic E-state index is 11.2. The van der Waals surface area contributed by atoms with Crippen LogP contribution in [0.2, 0.25) is 0 Å². The highest BCUT2D eigenvalue weighted by Crippen LogP contribution is 2.10. The topological polar surface area (TPSA) is 87.0 Å². The highest BCUT2D eigenvalue weighted by Gasteiger charge is 2.34. The predicted octanol–water partition coefficient (Wildman–Crippen LogP) is -0.207. The van der Waals surface area contributed by atoms with Gasteiger partial charge in [0.1, 0.15) is 6.61 Å². The first-order valence-electron chi connectivity index (χ1n) is 4.83. The molecule has 88 valence electrons. The minimum atomic E-state index is -2.62. The molecular formula is C11H14O5. The van der Waals surface area contributed by atoms with Gasteiger partial charge in [0.25, 0.3) is 5.79 Å². The molecule has 5 heteroatoms. The maximum Gasteiger partial charge on any atom is 0.366 e. The van der Waals surface area contributed by atoms with Crippen molar-refractivity contribution in [3.8, 4) is 0 Å². The van der Waals surface area contributed by atoms with Gasteiger partial charge in [-0.25, -0.2) is 4.79 Å². The Morgan fingerprint density at radius 1 is 1.25 bits per heavy atom. The van der Waals surface area contributed by atoms with Gasteiger partial charge >= 0.3 is 5.97 Å². The fourth-order valence-corrected chi connectivity index (χ4v) is 1.10. The normalized spacial score (nSPS) is 11.2. The second-order valence-electron chi connectivity index (χ2n) is 3.35. The van der Waals surface area contributed by atoms with Crippen LogP contribution < -0.4 is 0 Å². The largest absolute Gasteiger partial charge is 0.457 e. The average Bonchev–Trinajstić information content (AvgIpc) is 2.27. The summed E-state index contributed by atoms with van der Waals surface area (Å²) in [6.45, 7) is -0.540. The van der Waals surface area contributed by atoms with Gasteiger partial charge in [0.05, 0.1) is 0 Å². The van der Waals surface area contributed by atoms with E-state index in [-0.39, 0.29) is 6.61 Å². The summed E-state index contributed by atoms with van der Waals surface area (Å²) >= 11 is 0. The summed E-state index contributed by atoms with van der Waals surface area (Å²) in [6.07, 6.45) is -0.472. The Labute approximate surface area is 92.9 Å². The third-order valence-electron chi connectivity index (χ3n) is 2.00. The summed E-state index contributed by atoms with van der Waals surface area (Å²) in [5.41, 5.74) is 0.746. The van der Waals surface area contributed by atoms with Crippen molar-refractivity contribution in [2.24, 2.45) is 0 Å². The van der Waals surface area contributed by atoms with E-state index in [9.17, 15) is 15.0 Å². The van der Waals surface area contributed by atoms with E-state index in [1.807, 2.05) is 6.07 Å². The quantitative estimate of drug-likeness (QED) is 0.478. The van der Waals surface area contributed by atoms with E-state index in [0.717, 1.165) is 5.56 Å². The van der Waals surface area contributed by atoms with Crippen LogP contribution in [0.4, 0.5) is 0 Å². The van der Waals surface area contributed by atoms with Gasteiger partial charge in [-0.3, -0.25) is 0 Å². The molecule has 0 radical (unpaired) electrons. The second-order valence-corrected chi connectivity index (χ2v) is 3.35. The molecule has 3 N–H and O–H groups in total. The monoisotopic (exact) mass is 226 g/mol. The van der Waals surface area contributed by atoms with Crippen molar-refractivity contribution in [2.45, 2.75) is 18.8 Å². The molecule has 5 nitrogen and oxygen atoms in total. The molecule has 0 fully saturated rings. The van der Waals surface area contributed by atoms with E-state index in [0.29, 0.717) is 0 Å². The smallest absolute Gasteiger partial charge is 0.366 e. The SMILES string of the molecule is O=C(OCc1ccccc1)C(O)(O)CCO. The van der Waals surface area contributed by atoms with Gasteiger partial charge in [0.2, 0.25) is 0 Å². The van der Waals surface area contributed by atoms with E-state index in [2.05, 4.69) is 0 Å². The number of hydrogen-bond acceptors (Lipinski definition) is 5. The lowest BCUT2D eigenvalue weighted by Crippen LogP contribution is -2.40. The number of benzene rings is 1. The van der Waals surface area contributed by atoms with Gasteiger partial charge in [-0.05, 0) is 5.56 Å². The number of ether oxygens (including phenoxy) is 1. The number of esters is 1. The highest BCUT2D eigenvalue weighted by atomic mass is 16.6. The van der Waals surface area contributed by atoms with Crippen LogP contribution in [0.1, 0.15) is 12.0 Å². The second kappa shape index (κ2) is 5.60. The molecular weight excluding hydrogens is 212 g/mol. The van der Waals surface area contributed by atoms with Gasteiger partial charge in [-0.2, -0.15) is 0 Å². The summed E-state index contributed by atoms with van der Waals surface area (Å²) in [5, 5.41) is 26.9. The molecule has 0 saturated heterocycles. The summed E-state index contributed by atoms with van der Waals surface area (Å²) in [6, 6.07) is 8.87. The van der Waals surface area contributed by atoms with Gasteiger partial charge in [0, 0.05) is 13.0 Å². The Kier molecular flexibility index (Phi) is 4.42. The molecule has 1 rings (SSSR count). The third-order valence-corrected chi connectivity index (χ3v) is 2.00. The first kappa shape index (κ1) is 12.6. The van der Waals surface area contributed by atoms with Crippen LogP contribution in [0.15, 0.2) is 30.3 Å². The Hall–Kier alpha value is -1.43. The molecule has 0 saturated carbocycles. The van der Waals surface area contributed by atoms with Crippen molar-refractivity contribution in [1.29, 1.82) is 0 Å². The maximum absolute atomic E-state index is 11.2. The summed E-state index contributed by atoms with van der Waals surface area (Å²) < 4.78 is 4.70. The number of carbonyl (C=O) groups excluding carboxylic acids is 1. The van der Waals surface area contributed by atoms with Crippen molar-refractivity contribution in [3.05, 3.63) is 35.9 Å². The lowest BCUT2D eigenvalue weighted by atomic mass is 10.2. The zero-order valence-corrected chi connectivity index (χ0v) is 8.67. The molecule has 1 aromatic rings. The molecule has 1 aromatic carbocycles. The summed E-state index contributed by atoms with van der Waals surface area (Å²) in [4.78, 5) is 11.2. The van der Waals surface area contributed by atoms with Gasteiger partial charge in [0.15, 0.2) is 0 Å². The van der Waals surface area contributed by atoms with E-state index >= 15 is 0 Å². The lowest BCUT2D eigenvalue weighted by Gasteiger charge is -2.18. The Balaban J connectivity index is 2.47. The summed E-state index contributed by atoms with van der Waals surface area (Å²) in [5.74, 6) is -3.78. The van der Waals surface area contributed by atoms with Crippen LogP contribution >= 0.6 is 0 Å². The number of aliphatic hydroxyl groups is 3. The van der Waals surface area contributed by atoms with Crippen molar-refractivity contribution >= 4 is 5.97 Å². The fraction of sp³-hybridized carbons (Fsp3) is 0.364. The highest BCUT2D eigenvalue weighted by molar-refractivity contribution is 5.77. The van der Waals surface area contributed by atoms with Gasteiger partial charge in [-0.15, -0.1) is 0 Å². The Morgan fingerprint density at radius 2 is 1.88 bits per heavy atom. The van der Waals surface area contributed by atoms with Crippen molar-refractivity contribution < 1.29 is 24.9 Å². The van der Waals surface area contributed by atoms with Crippen LogP contribution in [-0.4, -0.2) is 33.7 Å². The van der Waals surface area contributed by atoms with E-state index < -0.39 is 24.8 Å². The van der Waals surface area contributed by atoms with Crippen LogP contribution in [0.3, 0.4) is 0 Å². The minimum absolute atomic E-state index is 0.0338. The molecule has 0 atom stereocenters. The molecule has 0 aliphatic rings. The van der Waals surface area contributed by atoms with Crippen molar-refractivity contribution in [3.63, 3.8) is 0 Å². The van der Waals surface area contributed by atoms with E-state index in [4.69, 9.17) is 9.84 Å². The molecule has 0 aliphatic heterocycles. The Bertz CT molecular complexity index is 333. The Morgan fingerprint density at radius 3 is 2.44 bits per heavy atom. The van der Waals surface area contributed by atoms with E-state index in [1.165, 1.54) is 0 Å². The number of aliphatic hydroxyl groups excluding tert-OH is 1. The first-order valence-corrected chi connectivity index (χ1v) is 4.83. The molecule has 0 bridgehead atoms. The molecule has 0 spiro atoms. The predicted molar refractivity (Wildman–Crippen MR) is 55.1 cm³/mol. The molecule has 0 aromatic heterocycles. The van der Waals surface area contributed by atoms with E-state index in [1.54, 1.807) is 24.3 Å². The molecule has 0 heterocycles. The third kappa shape index (κ3) is 3.62. The van der Waals surface area contributed by atoms with Crippen molar-refractivity contribution in [1.82, 2.24) is 0 Å². The fourth-order valence-electron chi connectivity index (χ4n) is 1.10. The molecule has 0 aliphatic carbocycles. The first-order chi connectivity index (χ1) is 7.56. The molecule has 16 heavy (non-hydrogen) atoms. The number of rotatable bonds is 5. The van der Waals surface area contributed by atoms with Crippen molar-refractivity contribution in [2.75, 3.05) is 6.61 Å². The standard InChI is InChI=1S/C11H14O5/c12-7-6-11(14,15)10(13)16-8-9-4-2-1-3-5-9/h1-5,12,14-15H,6-8H2. The lowest BCUT2D eigenvalue weighted by molar-refractivity contribution is -0.214. The zero-order chi connectivity index (χ0) is 12.0. The van der Waals surface area contributed by atoms with Gasteiger partial charge < -0.3 is 20.1 Å². The zero-order valence-electron chi connectivity index (χ0n) is 8.67. The number of carbonyl (C=O) groups is 1. The van der Waals surface area contributed by atoms with Gasteiger partial charge in [-0.1, -0.05) is 30.3 Å². The van der Waals surface area contributed by atoms with Crippen LogP contribution in [0, 0.1) is 0 Å². The average molecular weight is 226 g/mol. The minimum Gasteiger partial charge on any atom is -0.457 e. The van der Waals surface area contributed by atoms with Crippen LogP contribution in [0.5, 0.6) is 0 Å². The molecule has 0 unspecified atom stereocenters. The summed E-state index contributed by atoms with van der Waals surface area (Å²) in [7, 11) is 0. The van der Waals surface area contributed by atoms with Crippen LogP contribution in [-0.2, 0) is 16.1 Å². The number of hydrogen-bond donors (Lipinski definition) is 3. The van der Waals surface area contributed by atoms with Crippen LogP contribution in [0.25, 0.3) is 0 Å².